The van der Waals surface area contributed by atoms with Crippen LogP contribution in [0.4, 0.5) is 10.5 Å². The zero-order chi connectivity index (χ0) is 19.1. The van der Waals surface area contributed by atoms with Gasteiger partial charge in [0, 0.05) is 24.3 Å². The number of piperazine rings is 1. The molecule has 4 amide bonds. The second-order valence-corrected chi connectivity index (χ2v) is 7.29. The lowest BCUT2D eigenvalue weighted by atomic mass is 10.0. The van der Waals surface area contributed by atoms with E-state index >= 15 is 0 Å². The molecule has 142 valence electrons. The number of nitrogens with zero attached hydrogens (tertiary/aromatic N) is 2. The topological polar surface area (TPSA) is 98.8 Å². The van der Waals surface area contributed by atoms with Gasteiger partial charge in [-0.05, 0) is 50.5 Å². The van der Waals surface area contributed by atoms with E-state index in [1.165, 1.54) is 6.92 Å². The van der Waals surface area contributed by atoms with Gasteiger partial charge in [0.15, 0.2) is 5.78 Å². The van der Waals surface area contributed by atoms with Crippen molar-refractivity contribution < 1.29 is 19.2 Å². The van der Waals surface area contributed by atoms with Gasteiger partial charge in [-0.3, -0.25) is 14.4 Å². The van der Waals surface area contributed by atoms with E-state index in [2.05, 4.69) is 10.6 Å². The highest BCUT2D eigenvalue weighted by molar-refractivity contribution is 5.99. The van der Waals surface area contributed by atoms with E-state index in [0.29, 0.717) is 30.8 Å². The van der Waals surface area contributed by atoms with E-state index in [1.54, 1.807) is 34.1 Å². The maximum Gasteiger partial charge on any atom is 0.319 e. The van der Waals surface area contributed by atoms with Crippen molar-refractivity contribution in [2.45, 2.75) is 44.3 Å². The SMILES string of the molecule is CC(=O)c1ccc(NC(=O)N[C@H]2CCN3C(=O)[C@H]4CCCN4C(=O)[C@H]23)cc1. The molecule has 0 unspecified atom stereocenters. The standard InChI is InChI=1S/C19H22N4O4/c1-11(24)12-4-6-13(7-5-12)20-19(27)21-14-8-10-23-16(14)18(26)22-9-2-3-15(22)17(23)25/h4-7,14-16H,2-3,8-10H2,1H3,(H2,20,21,27)/t14-,15+,16-/m0/s1. The van der Waals surface area contributed by atoms with Crippen LogP contribution < -0.4 is 10.6 Å². The van der Waals surface area contributed by atoms with Crippen LogP contribution in [0.15, 0.2) is 24.3 Å². The highest BCUT2D eigenvalue weighted by Gasteiger charge is 2.53. The number of rotatable bonds is 3. The summed E-state index contributed by atoms with van der Waals surface area (Å²) in [4.78, 5) is 52.4. The average molecular weight is 370 g/mol. The Morgan fingerprint density at radius 1 is 1.00 bits per heavy atom. The zero-order valence-corrected chi connectivity index (χ0v) is 15.1. The lowest BCUT2D eigenvalue weighted by molar-refractivity contribution is -0.157. The second kappa shape index (κ2) is 6.68. The number of urea groups is 1. The highest BCUT2D eigenvalue weighted by Crippen LogP contribution is 2.32. The van der Waals surface area contributed by atoms with Crippen LogP contribution in [0.3, 0.4) is 0 Å². The molecule has 8 heteroatoms. The van der Waals surface area contributed by atoms with Crippen molar-refractivity contribution in [3.8, 4) is 0 Å². The Balaban J connectivity index is 1.42. The van der Waals surface area contributed by atoms with Gasteiger partial charge in [0.25, 0.3) is 0 Å². The van der Waals surface area contributed by atoms with Crippen molar-refractivity contribution in [3.05, 3.63) is 29.8 Å². The molecule has 2 N–H and O–H groups in total. The number of hydrogen-bond donors (Lipinski definition) is 2. The average Bonchev–Trinajstić information content (AvgIpc) is 3.28. The Hall–Kier alpha value is -2.90. The summed E-state index contributed by atoms with van der Waals surface area (Å²) in [6.45, 7) is 2.58. The van der Waals surface area contributed by atoms with Crippen LogP contribution in [0.2, 0.25) is 0 Å². The molecule has 3 aliphatic rings. The number of ketones is 1. The van der Waals surface area contributed by atoms with E-state index in [0.717, 1.165) is 12.8 Å². The first-order valence-electron chi connectivity index (χ1n) is 9.25. The number of benzene rings is 1. The maximum atomic E-state index is 12.8. The number of hydrogen-bond acceptors (Lipinski definition) is 4. The summed E-state index contributed by atoms with van der Waals surface area (Å²) in [5.41, 5.74) is 1.12. The molecule has 0 spiro atoms. The Kier molecular flexibility index (Phi) is 4.33. The van der Waals surface area contributed by atoms with Gasteiger partial charge in [0.1, 0.15) is 12.1 Å². The first-order chi connectivity index (χ1) is 13.0. The number of carbonyl (C=O) groups is 4. The normalized spacial score (nSPS) is 26.6. The van der Waals surface area contributed by atoms with Gasteiger partial charge in [0.2, 0.25) is 11.8 Å². The number of nitrogens with one attached hydrogen (secondary N) is 2. The van der Waals surface area contributed by atoms with Gasteiger partial charge in [-0.15, -0.1) is 0 Å². The molecular formula is C19H22N4O4. The van der Waals surface area contributed by atoms with Gasteiger partial charge >= 0.3 is 6.03 Å². The largest absolute Gasteiger partial charge is 0.332 e. The molecule has 27 heavy (non-hydrogen) atoms. The fraction of sp³-hybridized carbons (Fsp3) is 0.474. The van der Waals surface area contributed by atoms with Crippen LogP contribution in [0.25, 0.3) is 0 Å². The van der Waals surface area contributed by atoms with Crippen LogP contribution in [-0.4, -0.2) is 64.6 Å². The number of amides is 4. The third-order valence-electron chi connectivity index (χ3n) is 5.62. The minimum atomic E-state index is -0.613. The lowest BCUT2D eigenvalue weighted by Crippen LogP contribution is -2.64. The molecule has 0 radical (unpaired) electrons. The van der Waals surface area contributed by atoms with Crippen molar-refractivity contribution in [3.63, 3.8) is 0 Å². The van der Waals surface area contributed by atoms with E-state index < -0.39 is 18.1 Å². The van der Waals surface area contributed by atoms with Crippen LogP contribution in [-0.2, 0) is 9.59 Å². The van der Waals surface area contributed by atoms with Gasteiger partial charge in [0.05, 0.1) is 6.04 Å². The fourth-order valence-corrected chi connectivity index (χ4v) is 4.27. The molecule has 3 fully saturated rings. The maximum absolute atomic E-state index is 12.8. The van der Waals surface area contributed by atoms with Crippen molar-refractivity contribution in [1.82, 2.24) is 15.1 Å². The molecule has 3 aliphatic heterocycles. The summed E-state index contributed by atoms with van der Waals surface area (Å²) >= 11 is 0. The second-order valence-electron chi connectivity index (χ2n) is 7.29. The minimum Gasteiger partial charge on any atom is -0.332 e. The van der Waals surface area contributed by atoms with Crippen molar-refractivity contribution in [2.24, 2.45) is 0 Å². The monoisotopic (exact) mass is 370 g/mol. The summed E-state index contributed by atoms with van der Waals surface area (Å²) in [6, 6.07) is 4.83. The Labute approximate surface area is 156 Å². The van der Waals surface area contributed by atoms with Gasteiger partial charge in [-0.1, -0.05) is 0 Å². The minimum absolute atomic E-state index is 0.00151. The highest BCUT2D eigenvalue weighted by atomic mass is 16.2. The molecule has 3 saturated heterocycles. The summed E-state index contributed by atoms with van der Waals surface area (Å²) in [6.07, 6.45) is 2.12. The lowest BCUT2D eigenvalue weighted by Gasteiger charge is -2.40. The molecular weight excluding hydrogens is 348 g/mol. The zero-order valence-electron chi connectivity index (χ0n) is 15.1. The Morgan fingerprint density at radius 2 is 1.74 bits per heavy atom. The van der Waals surface area contributed by atoms with Crippen molar-refractivity contribution in [2.75, 3.05) is 18.4 Å². The molecule has 1 aromatic carbocycles. The number of fused-ring (bicyclic) bond motifs is 2. The first-order valence-corrected chi connectivity index (χ1v) is 9.25. The molecule has 0 aromatic heterocycles. The van der Waals surface area contributed by atoms with Crippen LogP contribution in [0, 0.1) is 0 Å². The number of Topliss-reactive ketones (excluding diaryl/α,β-unsaturated/α-hetero) is 1. The molecule has 0 aliphatic carbocycles. The van der Waals surface area contributed by atoms with E-state index in [4.69, 9.17) is 0 Å². The molecule has 0 bridgehead atoms. The smallest absolute Gasteiger partial charge is 0.319 e. The molecule has 8 nitrogen and oxygen atoms in total. The van der Waals surface area contributed by atoms with Gasteiger partial charge in [-0.25, -0.2) is 4.79 Å². The van der Waals surface area contributed by atoms with Gasteiger partial charge < -0.3 is 20.4 Å². The predicted octanol–water partition coefficient (Wildman–Crippen LogP) is 0.985. The fourth-order valence-electron chi connectivity index (χ4n) is 4.27. The van der Waals surface area contributed by atoms with Gasteiger partial charge in [-0.2, -0.15) is 0 Å². The molecule has 3 atom stereocenters. The third kappa shape index (κ3) is 3.05. The Bertz CT molecular complexity index is 806. The molecule has 1 aromatic rings. The summed E-state index contributed by atoms with van der Waals surface area (Å²) in [5, 5.41) is 5.55. The van der Waals surface area contributed by atoms with Crippen molar-refractivity contribution in [1.29, 1.82) is 0 Å². The molecule has 0 saturated carbocycles. The third-order valence-corrected chi connectivity index (χ3v) is 5.62. The predicted molar refractivity (Wildman–Crippen MR) is 97.2 cm³/mol. The summed E-state index contributed by atoms with van der Waals surface area (Å²) < 4.78 is 0. The van der Waals surface area contributed by atoms with Crippen LogP contribution >= 0.6 is 0 Å². The van der Waals surface area contributed by atoms with E-state index in [9.17, 15) is 19.2 Å². The van der Waals surface area contributed by atoms with E-state index in [-0.39, 0.29) is 23.6 Å². The first kappa shape index (κ1) is 17.5. The number of anilines is 1. The van der Waals surface area contributed by atoms with E-state index in [1.807, 2.05) is 0 Å². The van der Waals surface area contributed by atoms with Crippen LogP contribution in [0.5, 0.6) is 0 Å². The summed E-state index contributed by atoms with van der Waals surface area (Å²) in [5.74, 6) is -0.106. The summed E-state index contributed by atoms with van der Waals surface area (Å²) in [7, 11) is 0. The molecule has 3 heterocycles. The Morgan fingerprint density at radius 3 is 2.44 bits per heavy atom. The molecule has 4 rings (SSSR count). The number of carbonyl (C=O) groups excluding carboxylic acids is 4. The quantitative estimate of drug-likeness (QED) is 0.775. The van der Waals surface area contributed by atoms with Crippen LogP contribution in [0.1, 0.15) is 36.5 Å². The van der Waals surface area contributed by atoms with Crippen molar-refractivity contribution >= 4 is 29.3 Å².